The standard InChI is InChI=1S/C20H24N2O3S/c1-20(2,3)15-8-6-14(7-9-15)12-16-18(24)22(19(25)26-16)13-17(23)21-10-4-5-11-21/h6-9,12H,4-5,10-11,13H2,1-3H3/b16-12+. The van der Waals surface area contributed by atoms with Gasteiger partial charge in [0.1, 0.15) is 6.54 Å². The Morgan fingerprint density at radius 3 is 2.31 bits per heavy atom. The van der Waals surface area contributed by atoms with Gasteiger partial charge >= 0.3 is 0 Å². The first-order chi connectivity index (χ1) is 12.3. The summed E-state index contributed by atoms with van der Waals surface area (Å²) in [5, 5.41) is -0.375. The smallest absolute Gasteiger partial charge is 0.294 e. The normalized spacial score (nSPS) is 19.7. The first kappa shape index (κ1) is 18.7. The van der Waals surface area contributed by atoms with E-state index in [1.54, 1.807) is 11.0 Å². The fourth-order valence-corrected chi connectivity index (χ4v) is 3.91. The van der Waals surface area contributed by atoms with Gasteiger partial charge in [-0.3, -0.25) is 19.3 Å². The molecule has 1 aromatic rings. The van der Waals surface area contributed by atoms with Crippen LogP contribution in [0.15, 0.2) is 29.2 Å². The highest BCUT2D eigenvalue weighted by Crippen LogP contribution is 2.32. The summed E-state index contributed by atoms with van der Waals surface area (Å²) >= 11 is 0.899. The van der Waals surface area contributed by atoms with Crippen LogP contribution in [-0.2, 0) is 15.0 Å². The lowest BCUT2D eigenvalue weighted by molar-refractivity contribution is -0.135. The van der Waals surface area contributed by atoms with E-state index in [1.165, 1.54) is 5.56 Å². The van der Waals surface area contributed by atoms with Crippen LogP contribution in [0.1, 0.15) is 44.7 Å². The number of rotatable bonds is 3. The molecule has 0 aromatic heterocycles. The van der Waals surface area contributed by atoms with Crippen molar-refractivity contribution in [3.05, 3.63) is 40.3 Å². The number of imide groups is 1. The number of carbonyl (C=O) groups is 3. The van der Waals surface area contributed by atoms with Crippen LogP contribution in [-0.4, -0.2) is 46.5 Å². The lowest BCUT2D eigenvalue weighted by atomic mass is 9.87. The molecule has 2 heterocycles. The molecular formula is C20H24N2O3S. The number of carbonyl (C=O) groups excluding carboxylic acids is 3. The Labute approximate surface area is 158 Å². The molecule has 138 valence electrons. The summed E-state index contributed by atoms with van der Waals surface area (Å²) in [6.45, 7) is 7.70. The minimum absolute atomic E-state index is 0.0618. The van der Waals surface area contributed by atoms with E-state index in [4.69, 9.17) is 0 Å². The number of hydrogen-bond donors (Lipinski definition) is 0. The Bertz CT molecular complexity index is 756. The highest BCUT2D eigenvalue weighted by atomic mass is 32.2. The molecule has 0 saturated carbocycles. The molecule has 0 atom stereocenters. The van der Waals surface area contributed by atoms with E-state index in [-0.39, 0.29) is 29.0 Å². The maximum absolute atomic E-state index is 12.5. The predicted molar refractivity (Wildman–Crippen MR) is 104 cm³/mol. The number of amides is 3. The Balaban J connectivity index is 1.71. The lowest BCUT2D eigenvalue weighted by Crippen LogP contribution is -2.40. The molecule has 2 aliphatic rings. The second-order valence-electron chi connectivity index (χ2n) is 7.73. The third-order valence-corrected chi connectivity index (χ3v) is 5.61. The molecular weight excluding hydrogens is 348 g/mol. The van der Waals surface area contributed by atoms with Crippen molar-refractivity contribution in [1.82, 2.24) is 9.80 Å². The van der Waals surface area contributed by atoms with Crippen LogP contribution in [0.2, 0.25) is 0 Å². The van der Waals surface area contributed by atoms with Crippen LogP contribution in [0.25, 0.3) is 6.08 Å². The first-order valence-corrected chi connectivity index (χ1v) is 9.71. The molecule has 26 heavy (non-hydrogen) atoms. The number of benzene rings is 1. The van der Waals surface area contributed by atoms with Gasteiger partial charge in [0.25, 0.3) is 11.1 Å². The molecule has 3 rings (SSSR count). The van der Waals surface area contributed by atoms with E-state index in [0.717, 1.165) is 35.1 Å². The topological polar surface area (TPSA) is 57.7 Å². The summed E-state index contributed by atoms with van der Waals surface area (Å²) in [4.78, 5) is 40.1. The van der Waals surface area contributed by atoms with Crippen molar-refractivity contribution in [2.45, 2.75) is 39.0 Å². The zero-order chi connectivity index (χ0) is 18.9. The van der Waals surface area contributed by atoms with Crippen molar-refractivity contribution in [2.24, 2.45) is 0 Å². The van der Waals surface area contributed by atoms with Gasteiger partial charge in [0.05, 0.1) is 4.91 Å². The van der Waals surface area contributed by atoms with Crippen molar-refractivity contribution < 1.29 is 14.4 Å². The molecule has 6 heteroatoms. The van der Waals surface area contributed by atoms with Crippen molar-refractivity contribution in [2.75, 3.05) is 19.6 Å². The van der Waals surface area contributed by atoms with Crippen molar-refractivity contribution in [3.8, 4) is 0 Å². The summed E-state index contributed by atoms with van der Waals surface area (Å²) in [6, 6.07) is 7.97. The second kappa shape index (κ2) is 7.27. The van der Waals surface area contributed by atoms with Crippen LogP contribution in [0.4, 0.5) is 4.79 Å². The zero-order valence-electron chi connectivity index (χ0n) is 15.4. The van der Waals surface area contributed by atoms with E-state index >= 15 is 0 Å². The van der Waals surface area contributed by atoms with Crippen LogP contribution in [0.3, 0.4) is 0 Å². The summed E-state index contributed by atoms with van der Waals surface area (Å²) in [6.07, 6.45) is 3.69. The molecule has 2 aliphatic heterocycles. The predicted octanol–water partition coefficient (Wildman–Crippen LogP) is 3.64. The minimum Gasteiger partial charge on any atom is -0.341 e. The highest BCUT2D eigenvalue weighted by Gasteiger charge is 2.37. The van der Waals surface area contributed by atoms with Crippen molar-refractivity contribution in [3.63, 3.8) is 0 Å². The molecule has 0 radical (unpaired) electrons. The largest absolute Gasteiger partial charge is 0.341 e. The summed E-state index contributed by atoms with van der Waals surface area (Å²) < 4.78 is 0. The highest BCUT2D eigenvalue weighted by molar-refractivity contribution is 8.18. The third kappa shape index (κ3) is 4.01. The maximum Gasteiger partial charge on any atom is 0.294 e. The minimum atomic E-state index is -0.382. The van der Waals surface area contributed by atoms with Crippen molar-refractivity contribution >= 4 is 34.9 Å². The van der Waals surface area contributed by atoms with E-state index in [2.05, 4.69) is 20.8 Å². The maximum atomic E-state index is 12.5. The van der Waals surface area contributed by atoms with Gasteiger partial charge in [0.2, 0.25) is 5.91 Å². The van der Waals surface area contributed by atoms with Gasteiger partial charge in [-0.2, -0.15) is 0 Å². The van der Waals surface area contributed by atoms with Crippen LogP contribution < -0.4 is 0 Å². The van der Waals surface area contributed by atoms with Gasteiger partial charge in [-0.1, -0.05) is 45.0 Å². The monoisotopic (exact) mass is 372 g/mol. The number of hydrogen-bond acceptors (Lipinski definition) is 4. The van der Waals surface area contributed by atoms with Crippen LogP contribution in [0.5, 0.6) is 0 Å². The third-order valence-electron chi connectivity index (χ3n) is 4.70. The van der Waals surface area contributed by atoms with E-state index < -0.39 is 0 Å². The van der Waals surface area contributed by atoms with E-state index in [9.17, 15) is 14.4 Å². The van der Waals surface area contributed by atoms with Crippen LogP contribution >= 0.6 is 11.8 Å². The fraction of sp³-hybridized carbons (Fsp3) is 0.450. The zero-order valence-corrected chi connectivity index (χ0v) is 16.3. The summed E-state index contributed by atoms with van der Waals surface area (Å²) in [5.41, 5.74) is 2.14. The van der Waals surface area contributed by atoms with E-state index in [0.29, 0.717) is 18.0 Å². The molecule has 2 fully saturated rings. The van der Waals surface area contributed by atoms with Gasteiger partial charge in [-0.25, -0.2) is 0 Å². The number of nitrogens with zero attached hydrogens (tertiary/aromatic N) is 2. The van der Waals surface area contributed by atoms with Crippen molar-refractivity contribution in [1.29, 1.82) is 0 Å². The molecule has 0 aliphatic carbocycles. The lowest BCUT2D eigenvalue weighted by Gasteiger charge is -2.19. The van der Waals surface area contributed by atoms with E-state index in [1.807, 2.05) is 24.3 Å². The van der Waals surface area contributed by atoms with Gasteiger partial charge < -0.3 is 4.90 Å². The van der Waals surface area contributed by atoms with Gasteiger partial charge in [-0.05, 0) is 47.2 Å². The average molecular weight is 372 g/mol. The van der Waals surface area contributed by atoms with Crippen LogP contribution in [0, 0.1) is 0 Å². The molecule has 5 nitrogen and oxygen atoms in total. The SMILES string of the molecule is CC(C)(C)c1ccc(/C=C2/SC(=O)N(CC(=O)N3CCCC3)C2=O)cc1. The average Bonchev–Trinajstić information content (AvgIpc) is 3.19. The summed E-state index contributed by atoms with van der Waals surface area (Å²) in [7, 11) is 0. The number of thioether (sulfide) groups is 1. The number of likely N-dealkylation sites (tertiary alicyclic amines) is 1. The van der Waals surface area contributed by atoms with Gasteiger partial charge in [0.15, 0.2) is 0 Å². The van der Waals surface area contributed by atoms with Gasteiger partial charge in [-0.15, -0.1) is 0 Å². The molecule has 0 N–H and O–H groups in total. The Kier molecular flexibility index (Phi) is 5.23. The molecule has 2 saturated heterocycles. The Morgan fingerprint density at radius 1 is 1.12 bits per heavy atom. The summed E-state index contributed by atoms with van der Waals surface area (Å²) in [5.74, 6) is -0.534. The Morgan fingerprint density at radius 2 is 1.73 bits per heavy atom. The molecule has 0 bridgehead atoms. The second-order valence-corrected chi connectivity index (χ2v) is 8.72. The molecule has 1 aromatic carbocycles. The Hall–Kier alpha value is -2.08. The quantitative estimate of drug-likeness (QED) is 0.760. The fourth-order valence-electron chi connectivity index (χ4n) is 3.07. The first-order valence-electron chi connectivity index (χ1n) is 8.89. The molecule has 0 spiro atoms. The van der Waals surface area contributed by atoms with Gasteiger partial charge in [0, 0.05) is 13.1 Å². The molecule has 3 amide bonds. The molecule has 0 unspecified atom stereocenters.